The number of imidazole rings is 1. The minimum atomic E-state index is -0.00859. The highest BCUT2D eigenvalue weighted by molar-refractivity contribution is 5.81. The van der Waals surface area contributed by atoms with Crippen molar-refractivity contribution < 1.29 is 4.79 Å². The van der Waals surface area contributed by atoms with Crippen molar-refractivity contribution in [1.29, 1.82) is 0 Å². The second-order valence-electron chi connectivity index (χ2n) is 3.29. The molecule has 0 aromatic carbocycles. The molecule has 0 unspecified atom stereocenters. The molecule has 0 bridgehead atoms. The largest absolute Gasteiger partial charge is 0.330 e. The molecular weight excluding hydrogens is 166 g/mol. The lowest BCUT2D eigenvalue weighted by atomic mass is 10.2. The molecular formula is C9H15N3O. The minimum Gasteiger partial charge on any atom is -0.330 e. The molecule has 4 heteroatoms. The number of carbonyl (C=O) groups excluding carboxylic acids is 1. The number of aromatic nitrogens is 2. The zero-order valence-electron chi connectivity index (χ0n) is 8.03. The highest BCUT2D eigenvalue weighted by Crippen LogP contribution is 2.04. The molecule has 0 atom stereocenters. The maximum atomic E-state index is 11.6. The van der Waals surface area contributed by atoms with Gasteiger partial charge in [0.15, 0.2) is 0 Å². The minimum absolute atomic E-state index is 0.00859. The van der Waals surface area contributed by atoms with Gasteiger partial charge in [-0.1, -0.05) is 13.8 Å². The van der Waals surface area contributed by atoms with Gasteiger partial charge in [-0.2, -0.15) is 0 Å². The van der Waals surface area contributed by atoms with Crippen LogP contribution < -0.4 is 5.73 Å². The van der Waals surface area contributed by atoms with Crippen molar-refractivity contribution in [2.24, 2.45) is 11.7 Å². The average Bonchev–Trinajstić information content (AvgIpc) is 2.52. The molecule has 1 aromatic heterocycles. The summed E-state index contributed by atoms with van der Waals surface area (Å²) in [4.78, 5) is 15.5. The van der Waals surface area contributed by atoms with Gasteiger partial charge in [0, 0.05) is 24.2 Å². The maximum Gasteiger partial charge on any atom is 0.234 e. The van der Waals surface area contributed by atoms with Crippen LogP contribution in [0.2, 0.25) is 0 Å². The van der Waals surface area contributed by atoms with Crippen LogP contribution in [0.15, 0.2) is 12.5 Å². The predicted molar refractivity (Wildman–Crippen MR) is 50.4 cm³/mol. The van der Waals surface area contributed by atoms with E-state index >= 15 is 0 Å². The van der Waals surface area contributed by atoms with E-state index in [1.807, 2.05) is 13.8 Å². The molecule has 0 aliphatic carbocycles. The Bertz CT molecular complexity index is 291. The van der Waals surface area contributed by atoms with Gasteiger partial charge in [0.2, 0.25) is 5.91 Å². The summed E-state index contributed by atoms with van der Waals surface area (Å²) in [5.74, 6) is 0.0617. The third-order valence-electron chi connectivity index (χ3n) is 1.85. The van der Waals surface area contributed by atoms with Crippen molar-refractivity contribution in [3.05, 3.63) is 18.2 Å². The second kappa shape index (κ2) is 4.18. The normalized spacial score (nSPS) is 10.8. The molecule has 1 rings (SSSR count). The van der Waals surface area contributed by atoms with Crippen LogP contribution in [0.1, 0.15) is 24.3 Å². The lowest BCUT2D eigenvalue weighted by Crippen LogP contribution is -2.19. The summed E-state index contributed by atoms with van der Waals surface area (Å²) in [6.07, 6.45) is 3.93. The zero-order chi connectivity index (χ0) is 9.84. The highest BCUT2D eigenvalue weighted by atomic mass is 16.2. The Morgan fingerprint density at radius 1 is 1.69 bits per heavy atom. The summed E-state index contributed by atoms with van der Waals surface area (Å²) in [7, 11) is 0. The van der Waals surface area contributed by atoms with Gasteiger partial charge in [-0.25, -0.2) is 4.98 Å². The SMILES string of the molecule is CC(C)C(=O)n1cncc1CCN. The van der Waals surface area contributed by atoms with Crippen molar-refractivity contribution in [2.45, 2.75) is 20.3 Å². The smallest absolute Gasteiger partial charge is 0.234 e. The molecule has 0 amide bonds. The maximum absolute atomic E-state index is 11.6. The van der Waals surface area contributed by atoms with Gasteiger partial charge in [-0.05, 0) is 6.54 Å². The fourth-order valence-corrected chi connectivity index (χ4v) is 1.13. The van der Waals surface area contributed by atoms with E-state index in [4.69, 9.17) is 5.73 Å². The molecule has 0 saturated carbocycles. The van der Waals surface area contributed by atoms with Gasteiger partial charge in [0.1, 0.15) is 6.33 Å². The number of nitrogens with two attached hydrogens (primary N) is 1. The Morgan fingerprint density at radius 3 is 2.92 bits per heavy atom. The quantitative estimate of drug-likeness (QED) is 0.746. The first-order valence-corrected chi connectivity index (χ1v) is 4.42. The molecule has 0 radical (unpaired) electrons. The lowest BCUT2D eigenvalue weighted by molar-refractivity contribution is 0.0852. The molecule has 0 spiro atoms. The first-order valence-electron chi connectivity index (χ1n) is 4.42. The van der Waals surface area contributed by atoms with Crippen LogP contribution in [-0.4, -0.2) is 22.0 Å². The van der Waals surface area contributed by atoms with Gasteiger partial charge in [-0.3, -0.25) is 9.36 Å². The fourth-order valence-electron chi connectivity index (χ4n) is 1.13. The van der Waals surface area contributed by atoms with E-state index in [0.29, 0.717) is 13.0 Å². The fraction of sp³-hybridized carbons (Fsp3) is 0.556. The van der Waals surface area contributed by atoms with E-state index in [2.05, 4.69) is 4.98 Å². The summed E-state index contributed by atoms with van der Waals surface area (Å²) in [5, 5.41) is 0. The van der Waals surface area contributed by atoms with Gasteiger partial charge in [0.05, 0.1) is 0 Å². The summed E-state index contributed by atoms with van der Waals surface area (Å²) in [6, 6.07) is 0. The molecule has 4 nitrogen and oxygen atoms in total. The van der Waals surface area contributed by atoms with E-state index in [1.54, 1.807) is 17.1 Å². The molecule has 1 heterocycles. The number of nitrogens with zero attached hydrogens (tertiary/aromatic N) is 2. The number of rotatable bonds is 3. The average molecular weight is 181 g/mol. The van der Waals surface area contributed by atoms with Crippen molar-refractivity contribution in [3.63, 3.8) is 0 Å². The predicted octanol–water partition coefficient (Wildman–Crippen LogP) is 0.681. The Morgan fingerprint density at radius 2 is 2.38 bits per heavy atom. The van der Waals surface area contributed by atoms with Crippen molar-refractivity contribution in [2.75, 3.05) is 6.54 Å². The summed E-state index contributed by atoms with van der Waals surface area (Å²) in [6.45, 7) is 4.28. The number of carbonyl (C=O) groups is 1. The summed E-state index contributed by atoms with van der Waals surface area (Å²) < 4.78 is 1.58. The molecule has 0 fully saturated rings. The van der Waals surface area contributed by atoms with Crippen LogP contribution in [0.4, 0.5) is 0 Å². The molecule has 0 saturated heterocycles. The van der Waals surface area contributed by atoms with Crippen LogP contribution in [0.3, 0.4) is 0 Å². The van der Waals surface area contributed by atoms with Crippen molar-refractivity contribution >= 4 is 5.91 Å². The Kier molecular flexibility index (Phi) is 3.19. The Labute approximate surface area is 77.8 Å². The third kappa shape index (κ3) is 2.15. The van der Waals surface area contributed by atoms with Gasteiger partial charge < -0.3 is 5.73 Å². The molecule has 1 aromatic rings. The monoisotopic (exact) mass is 181 g/mol. The Balaban J connectivity index is 2.87. The van der Waals surface area contributed by atoms with Gasteiger partial charge in [0.25, 0.3) is 0 Å². The zero-order valence-corrected chi connectivity index (χ0v) is 8.03. The van der Waals surface area contributed by atoms with Crippen LogP contribution in [0.5, 0.6) is 0 Å². The lowest BCUT2D eigenvalue weighted by Gasteiger charge is -2.07. The van der Waals surface area contributed by atoms with Gasteiger partial charge in [-0.15, -0.1) is 0 Å². The number of hydrogen-bond donors (Lipinski definition) is 1. The van der Waals surface area contributed by atoms with Crippen LogP contribution in [0.25, 0.3) is 0 Å². The first-order chi connectivity index (χ1) is 6.16. The van der Waals surface area contributed by atoms with E-state index in [-0.39, 0.29) is 11.8 Å². The van der Waals surface area contributed by atoms with E-state index in [9.17, 15) is 4.79 Å². The van der Waals surface area contributed by atoms with E-state index in [1.165, 1.54) is 0 Å². The van der Waals surface area contributed by atoms with Crippen LogP contribution in [-0.2, 0) is 6.42 Å². The third-order valence-corrected chi connectivity index (χ3v) is 1.85. The van der Waals surface area contributed by atoms with E-state index in [0.717, 1.165) is 5.69 Å². The molecule has 13 heavy (non-hydrogen) atoms. The first kappa shape index (κ1) is 9.92. The Hall–Kier alpha value is -1.16. The molecule has 0 aliphatic heterocycles. The van der Waals surface area contributed by atoms with E-state index < -0.39 is 0 Å². The summed E-state index contributed by atoms with van der Waals surface area (Å²) >= 11 is 0. The highest BCUT2D eigenvalue weighted by Gasteiger charge is 2.12. The van der Waals surface area contributed by atoms with Crippen molar-refractivity contribution in [3.8, 4) is 0 Å². The molecule has 0 aliphatic rings. The molecule has 72 valence electrons. The van der Waals surface area contributed by atoms with Crippen LogP contribution in [0, 0.1) is 5.92 Å². The second-order valence-corrected chi connectivity index (χ2v) is 3.29. The topological polar surface area (TPSA) is 60.9 Å². The van der Waals surface area contributed by atoms with Crippen molar-refractivity contribution in [1.82, 2.24) is 9.55 Å². The standard InChI is InChI=1S/C9H15N3O/c1-7(2)9(13)12-6-11-5-8(12)3-4-10/h5-7H,3-4,10H2,1-2H3. The molecule has 2 N–H and O–H groups in total. The summed E-state index contributed by atoms with van der Waals surface area (Å²) in [5.41, 5.74) is 6.30. The van der Waals surface area contributed by atoms with Gasteiger partial charge >= 0.3 is 0 Å². The van der Waals surface area contributed by atoms with Crippen LogP contribution >= 0.6 is 0 Å². The number of hydrogen-bond acceptors (Lipinski definition) is 3.